The SMILES string of the molecule is COc1cc2ccc1OCC(=O)NCc1ccc(cc1)O[C@H]1CN(C(=O)CN3CCCCC3)C[C@@H]1NC(=O)CC2. The van der Waals surface area contributed by atoms with Crippen molar-refractivity contribution >= 4 is 17.7 Å². The fourth-order valence-corrected chi connectivity index (χ4v) is 5.42. The first kappa shape index (κ1) is 27.8. The van der Waals surface area contributed by atoms with Gasteiger partial charge in [-0.2, -0.15) is 0 Å². The molecule has 0 saturated carbocycles. The van der Waals surface area contributed by atoms with Crippen molar-refractivity contribution in [1.29, 1.82) is 0 Å². The Bertz CT molecular complexity index is 1200. The number of benzene rings is 2. The van der Waals surface area contributed by atoms with E-state index in [0.717, 1.165) is 37.1 Å². The van der Waals surface area contributed by atoms with Crippen LogP contribution in [0.15, 0.2) is 42.5 Å². The van der Waals surface area contributed by atoms with Crippen LogP contribution in [-0.2, 0) is 27.3 Å². The van der Waals surface area contributed by atoms with E-state index in [4.69, 9.17) is 14.2 Å². The average Bonchev–Trinajstić information content (AvgIpc) is 3.36. The van der Waals surface area contributed by atoms with Crippen LogP contribution >= 0.6 is 0 Å². The van der Waals surface area contributed by atoms with Crippen molar-refractivity contribution in [3.8, 4) is 17.2 Å². The minimum atomic E-state index is -0.373. The van der Waals surface area contributed by atoms with Gasteiger partial charge < -0.3 is 29.7 Å². The number of carbonyl (C=O) groups excluding carboxylic acids is 3. The standard InChI is InChI=1S/C30H38N4O6/c1-38-26-15-21-7-11-25(26)39-20-29(36)31-16-22-5-9-23(10-6-22)40-27-18-34(17-24(27)32-28(35)12-8-21)30(37)19-33-13-3-2-4-14-33/h5-7,9-11,15,24,27H,2-4,8,12-14,16-20H2,1H3,(H,31,36)(H,32,35)/t24-,27-/m0/s1. The number of nitrogens with zero attached hydrogens (tertiary/aromatic N) is 2. The number of hydrogen-bond acceptors (Lipinski definition) is 7. The highest BCUT2D eigenvalue weighted by Crippen LogP contribution is 2.29. The summed E-state index contributed by atoms with van der Waals surface area (Å²) in [6.45, 7) is 3.32. The Morgan fingerprint density at radius 1 is 0.975 bits per heavy atom. The van der Waals surface area contributed by atoms with Gasteiger partial charge in [0.25, 0.3) is 5.91 Å². The largest absolute Gasteiger partial charge is 0.493 e. The zero-order valence-corrected chi connectivity index (χ0v) is 23.0. The van der Waals surface area contributed by atoms with Crippen LogP contribution in [-0.4, -0.2) is 86.1 Å². The maximum absolute atomic E-state index is 13.2. The Balaban J connectivity index is 1.32. The molecule has 2 saturated heterocycles. The molecule has 10 nitrogen and oxygen atoms in total. The molecule has 2 aromatic rings. The predicted octanol–water partition coefficient (Wildman–Crippen LogP) is 1.90. The lowest BCUT2D eigenvalue weighted by Crippen LogP contribution is -2.45. The Hall–Kier alpha value is -3.79. The number of hydrogen-bond donors (Lipinski definition) is 2. The summed E-state index contributed by atoms with van der Waals surface area (Å²) in [7, 11) is 1.54. The summed E-state index contributed by atoms with van der Waals surface area (Å²) in [5.74, 6) is 1.32. The zero-order chi connectivity index (χ0) is 27.9. The molecule has 6 heterocycles. The fraction of sp³-hybridized carbons (Fsp3) is 0.500. The van der Waals surface area contributed by atoms with Crippen molar-refractivity contribution in [2.24, 2.45) is 0 Å². The van der Waals surface area contributed by atoms with Gasteiger partial charge in [0.2, 0.25) is 11.8 Å². The van der Waals surface area contributed by atoms with Gasteiger partial charge in [-0.1, -0.05) is 24.6 Å². The molecule has 4 bridgehead atoms. The minimum Gasteiger partial charge on any atom is -0.493 e. The highest BCUT2D eigenvalue weighted by molar-refractivity contribution is 5.80. The van der Waals surface area contributed by atoms with Crippen LogP contribution in [0.2, 0.25) is 0 Å². The summed E-state index contributed by atoms with van der Waals surface area (Å²) in [6.07, 6.45) is 3.86. The number of methoxy groups -OCH3 is 1. The molecule has 0 unspecified atom stereocenters. The van der Waals surface area contributed by atoms with Crippen LogP contribution in [0, 0.1) is 0 Å². The van der Waals surface area contributed by atoms with Crippen LogP contribution in [0.3, 0.4) is 0 Å². The maximum atomic E-state index is 13.2. The molecule has 8 rings (SSSR count). The van der Waals surface area contributed by atoms with Crippen molar-refractivity contribution in [2.75, 3.05) is 46.4 Å². The van der Waals surface area contributed by atoms with Gasteiger partial charge in [-0.25, -0.2) is 0 Å². The number of nitrogens with one attached hydrogen (secondary N) is 2. The van der Waals surface area contributed by atoms with Crippen molar-refractivity contribution in [1.82, 2.24) is 20.4 Å². The number of likely N-dealkylation sites (tertiary alicyclic amines) is 2. The molecule has 0 radical (unpaired) electrons. The van der Waals surface area contributed by atoms with Crippen LogP contribution in [0.4, 0.5) is 0 Å². The second kappa shape index (κ2) is 13.0. The second-order valence-corrected chi connectivity index (χ2v) is 10.7. The first-order valence-corrected chi connectivity index (χ1v) is 14.1. The molecule has 10 heteroatoms. The lowest BCUT2D eigenvalue weighted by molar-refractivity contribution is -0.132. The third-order valence-electron chi connectivity index (χ3n) is 7.70. The molecule has 2 fully saturated rings. The molecular weight excluding hydrogens is 512 g/mol. The molecule has 6 aliphatic heterocycles. The van der Waals surface area contributed by atoms with Crippen LogP contribution in [0.25, 0.3) is 0 Å². The maximum Gasteiger partial charge on any atom is 0.258 e. The predicted molar refractivity (Wildman–Crippen MR) is 148 cm³/mol. The van der Waals surface area contributed by atoms with Crippen LogP contribution in [0.5, 0.6) is 17.2 Å². The van der Waals surface area contributed by atoms with E-state index < -0.39 is 0 Å². The Morgan fingerprint density at radius 3 is 2.52 bits per heavy atom. The van der Waals surface area contributed by atoms with E-state index >= 15 is 0 Å². The van der Waals surface area contributed by atoms with Gasteiger partial charge in [0.1, 0.15) is 11.9 Å². The molecule has 6 aliphatic rings. The number of carbonyl (C=O) groups is 3. The van der Waals surface area contributed by atoms with Crippen molar-refractivity contribution in [3.05, 3.63) is 53.6 Å². The van der Waals surface area contributed by atoms with Crippen LogP contribution in [0.1, 0.15) is 36.8 Å². The topological polar surface area (TPSA) is 109 Å². The van der Waals surface area contributed by atoms with Gasteiger partial charge in [0.15, 0.2) is 18.1 Å². The molecule has 2 N–H and O–H groups in total. The lowest BCUT2D eigenvalue weighted by atomic mass is 10.1. The average molecular weight is 551 g/mol. The zero-order valence-electron chi connectivity index (χ0n) is 23.0. The number of piperidine rings is 1. The molecule has 2 atom stereocenters. The molecule has 0 aliphatic carbocycles. The highest BCUT2D eigenvalue weighted by atomic mass is 16.5. The summed E-state index contributed by atoms with van der Waals surface area (Å²) < 4.78 is 17.5. The van der Waals surface area contributed by atoms with E-state index in [1.165, 1.54) is 6.42 Å². The number of ether oxygens (including phenoxy) is 3. The van der Waals surface area contributed by atoms with E-state index in [1.54, 1.807) is 13.2 Å². The molecule has 40 heavy (non-hydrogen) atoms. The number of amides is 3. The lowest BCUT2D eigenvalue weighted by Gasteiger charge is -2.27. The summed E-state index contributed by atoms with van der Waals surface area (Å²) in [4.78, 5) is 42.6. The molecule has 0 spiro atoms. The first-order chi connectivity index (χ1) is 19.5. The Morgan fingerprint density at radius 2 is 1.75 bits per heavy atom. The van der Waals surface area contributed by atoms with Gasteiger partial charge in [0.05, 0.1) is 26.2 Å². The van der Waals surface area contributed by atoms with E-state index in [1.807, 2.05) is 41.3 Å². The van der Waals surface area contributed by atoms with E-state index in [-0.39, 0.29) is 42.9 Å². The van der Waals surface area contributed by atoms with Crippen LogP contribution < -0.4 is 24.8 Å². The fourth-order valence-electron chi connectivity index (χ4n) is 5.42. The summed E-state index contributed by atoms with van der Waals surface area (Å²) in [5, 5.41) is 5.99. The van der Waals surface area contributed by atoms with Crippen molar-refractivity contribution in [2.45, 2.75) is 50.8 Å². The number of aryl methyl sites for hydroxylation is 1. The number of rotatable bonds is 3. The van der Waals surface area contributed by atoms with E-state index in [2.05, 4.69) is 15.5 Å². The summed E-state index contributed by atoms with van der Waals surface area (Å²) in [6, 6.07) is 12.6. The van der Waals surface area contributed by atoms with Gasteiger partial charge >= 0.3 is 0 Å². The Labute approximate surface area is 234 Å². The van der Waals surface area contributed by atoms with Gasteiger partial charge in [-0.05, 0) is 67.7 Å². The van der Waals surface area contributed by atoms with Gasteiger partial charge in [0, 0.05) is 19.5 Å². The van der Waals surface area contributed by atoms with Crippen molar-refractivity contribution < 1.29 is 28.6 Å². The molecule has 3 amide bonds. The summed E-state index contributed by atoms with van der Waals surface area (Å²) >= 11 is 0. The minimum absolute atomic E-state index is 0.0678. The molecule has 2 aromatic carbocycles. The third kappa shape index (κ3) is 7.24. The first-order valence-electron chi connectivity index (χ1n) is 14.1. The second-order valence-electron chi connectivity index (χ2n) is 10.7. The quantitative estimate of drug-likeness (QED) is 0.601. The highest BCUT2D eigenvalue weighted by Gasteiger charge is 2.38. The van der Waals surface area contributed by atoms with E-state index in [0.29, 0.717) is 49.8 Å². The van der Waals surface area contributed by atoms with Crippen molar-refractivity contribution in [3.63, 3.8) is 0 Å². The smallest absolute Gasteiger partial charge is 0.258 e. The molecule has 214 valence electrons. The summed E-state index contributed by atoms with van der Waals surface area (Å²) in [5.41, 5.74) is 1.82. The van der Waals surface area contributed by atoms with Gasteiger partial charge in [-0.3, -0.25) is 19.3 Å². The van der Waals surface area contributed by atoms with Gasteiger partial charge in [-0.15, -0.1) is 0 Å². The third-order valence-corrected chi connectivity index (χ3v) is 7.70. The Kier molecular flexibility index (Phi) is 9.05. The molecule has 0 aromatic heterocycles. The van der Waals surface area contributed by atoms with E-state index in [9.17, 15) is 14.4 Å². The molecular formula is C30H38N4O6. The monoisotopic (exact) mass is 550 g/mol. The normalized spacial score (nSPS) is 22.5.